The molecule has 1 aliphatic heterocycles. The third-order valence-corrected chi connectivity index (χ3v) is 5.18. The normalized spacial score (nSPS) is 16.0. The van der Waals surface area contributed by atoms with Crippen LogP contribution in [0.2, 0.25) is 10.0 Å². The first-order valence-electron chi connectivity index (χ1n) is 7.45. The molecule has 4 nitrogen and oxygen atoms in total. The van der Waals surface area contributed by atoms with E-state index in [9.17, 15) is 9.59 Å². The van der Waals surface area contributed by atoms with Gasteiger partial charge in [-0.3, -0.25) is 14.5 Å². The maximum absolute atomic E-state index is 12.5. The van der Waals surface area contributed by atoms with Crippen LogP contribution in [0, 0.1) is 6.92 Å². The summed E-state index contributed by atoms with van der Waals surface area (Å²) in [7, 11) is 0. The number of hydrogen-bond acceptors (Lipinski definition) is 4. The highest BCUT2D eigenvalue weighted by molar-refractivity contribution is 8.18. The van der Waals surface area contributed by atoms with Crippen molar-refractivity contribution in [3.63, 3.8) is 0 Å². The standard InChI is InChI=1S/C18H14Cl2N2O2S/c1-11-5-6-14(9-15(11)20)21-10-22-17(23)16(25-18(22)24)8-12-3-2-4-13(19)7-12/h2-9,21H,10H2,1H3. The highest BCUT2D eigenvalue weighted by Crippen LogP contribution is 2.32. The van der Waals surface area contributed by atoms with E-state index in [0.717, 1.165) is 33.5 Å². The molecule has 0 spiro atoms. The topological polar surface area (TPSA) is 49.4 Å². The number of thioether (sulfide) groups is 1. The number of rotatable bonds is 4. The third-order valence-electron chi connectivity index (χ3n) is 3.63. The van der Waals surface area contributed by atoms with Gasteiger partial charge >= 0.3 is 0 Å². The highest BCUT2D eigenvalue weighted by atomic mass is 35.5. The lowest BCUT2D eigenvalue weighted by molar-refractivity contribution is -0.122. The van der Waals surface area contributed by atoms with Gasteiger partial charge in [-0.2, -0.15) is 0 Å². The van der Waals surface area contributed by atoms with Crippen molar-refractivity contribution in [3.8, 4) is 0 Å². The molecule has 0 aliphatic carbocycles. The minimum Gasteiger partial charge on any atom is -0.367 e. The maximum Gasteiger partial charge on any atom is 0.295 e. The molecular weight excluding hydrogens is 379 g/mol. The van der Waals surface area contributed by atoms with Crippen molar-refractivity contribution in [1.82, 2.24) is 4.90 Å². The minimum atomic E-state index is -0.333. The Labute approximate surface area is 159 Å². The molecule has 1 heterocycles. The van der Waals surface area contributed by atoms with Crippen molar-refractivity contribution in [2.24, 2.45) is 0 Å². The van der Waals surface area contributed by atoms with E-state index in [-0.39, 0.29) is 17.8 Å². The van der Waals surface area contributed by atoms with Gasteiger partial charge in [0.25, 0.3) is 11.1 Å². The number of imide groups is 1. The van der Waals surface area contributed by atoms with Gasteiger partial charge in [-0.05, 0) is 60.2 Å². The Hall–Kier alpha value is -1.95. The van der Waals surface area contributed by atoms with Crippen molar-refractivity contribution in [1.29, 1.82) is 0 Å². The zero-order valence-corrected chi connectivity index (χ0v) is 15.6. The minimum absolute atomic E-state index is 0.0803. The van der Waals surface area contributed by atoms with Crippen LogP contribution in [-0.4, -0.2) is 22.7 Å². The first-order chi connectivity index (χ1) is 11.9. The summed E-state index contributed by atoms with van der Waals surface area (Å²) in [6, 6.07) is 12.6. The van der Waals surface area contributed by atoms with Gasteiger partial charge in [-0.15, -0.1) is 0 Å². The van der Waals surface area contributed by atoms with Crippen molar-refractivity contribution in [2.75, 3.05) is 12.0 Å². The van der Waals surface area contributed by atoms with E-state index in [2.05, 4.69) is 5.32 Å². The van der Waals surface area contributed by atoms with Crippen molar-refractivity contribution in [2.45, 2.75) is 6.92 Å². The number of amides is 2. The summed E-state index contributed by atoms with van der Waals surface area (Å²) in [5.74, 6) is -0.333. The van der Waals surface area contributed by atoms with E-state index >= 15 is 0 Å². The fourth-order valence-electron chi connectivity index (χ4n) is 2.26. The average Bonchev–Trinajstić information content (AvgIpc) is 2.82. The summed E-state index contributed by atoms with van der Waals surface area (Å²) < 4.78 is 0. The van der Waals surface area contributed by atoms with Crippen molar-refractivity contribution >= 4 is 57.9 Å². The predicted octanol–water partition coefficient (Wildman–Crippen LogP) is 5.41. The van der Waals surface area contributed by atoms with Gasteiger partial charge in [-0.1, -0.05) is 41.4 Å². The molecule has 1 N–H and O–H groups in total. The van der Waals surface area contributed by atoms with Crippen LogP contribution in [-0.2, 0) is 4.79 Å². The fraction of sp³-hybridized carbons (Fsp3) is 0.111. The summed E-state index contributed by atoms with van der Waals surface area (Å²) >= 11 is 12.9. The molecule has 0 unspecified atom stereocenters. The van der Waals surface area contributed by atoms with Gasteiger partial charge in [0.2, 0.25) is 0 Å². The predicted molar refractivity (Wildman–Crippen MR) is 104 cm³/mol. The molecule has 3 rings (SSSR count). The third kappa shape index (κ3) is 4.18. The van der Waals surface area contributed by atoms with E-state index in [4.69, 9.17) is 23.2 Å². The van der Waals surface area contributed by atoms with Crippen molar-refractivity contribution < 1.29 is 9.59 Å². The molecule has 2 aromatic rings. The number of nitrogens with one attached hydrogen (secondary N) is 1. The first-order valence-corrected chi connectivity index (χ1v) is 9.02. The van der Waals surface area contributed by atoms with E-state index in [1.807, 2.05) is 25.1 Å². The Balaban J connectivity index is 1.72. The zero-order chi connectivity index (χ0) is 18.0. The number of halogens is 2. The second-order valence-electron chi connectivity index (χ2n) is 5.46. The molecule has 1 fully saturated rings. The number of benzene rings is 2. The van der Waals surface area contributed by atoms with Gasteiger partial charge in [0.15, 0.2) is 0 Å². The number of carbonyl (C=O) groups is 2. The number of hydrogen-bond donors (Lipinski definition) is 1. The largest absolute Gasteiger partial charge is 0.367 e. The first kappa shape index (κ1) is 17.9. The van der Waals surface area contributed by atoms with Gasteiger partial charge in [0, 0.05) is 15.7 Å². The fourth-order valence-corrected chi connectivity index (χ4v) is 3.47. The Morgan fingerprint density at radius 2 is 1.96 bits per heavy atom. The Kier molecular flexibility index (Phi) is 5.37. The van der Waals surface area contributed by atoms with Gasteiger partial charge in [-0.25, -0.2) is 0 Å². The van der Waals surface area contributed by atoms with Crippen LogP contribution in [0.25, 0.3) is 6.08 Å². The van der Waals surface area contributed by atoms with Crippen LogP contribution in [0.3, 0.4) is 0 Å². The van der Waals surface area contributed by atoms with Crippen LogP contribution in [0.4, 0.5) is 10.5 Å². The average molecular weight is 393 g/mol. The molecule has 0 saturated carbocycles. The molecule has 1 saturated heterocycles. The molecule has 0 aromatic heterocycles. The molecule has 1 aliphatic rings. The van der Waals surface area contributed by atoms with Crippen LogP contribution in [0.1, 0.15) is 11.1 Å². The van der Waals surface area contributed by atoms with Gasteiger partial charge in [0.1, 0.15) is 0 Å². The van der Waals surface area contributed by atoms with Crippen LogP contribution >= 0.6 is 35.0 Å². The Bertz CT molecular complexity index is 883. The molecule has 0 radical (unpaired) electrons. The summed E-state index contributed by atoms with van der Waals surface area (Å²) in [5.41, 5.74) is 2.48. The molecule has 2 aromatic carbocycles. The highest BCUT2D eigenvalue weighted by Gasteiger charge is 2.34. The van der Waals surface area contributed by atoms with Crippen LogP contribution in [0.5, 0.6) is 0 Å². The van der Waals surface area contributed by atoms with Crippen LogP contribution < -0.4 is 5.32 Å². The lowest BCUT2D eigenvalue weighted by Crippen LogP contribution is -2.33. The van der Waals surface area contributed by atoms with Crippen LogP contribution in [0.15, 0.2) is 47.4 Å². The smallest absolute Gasteiger partial charge is 0.295 e. The van der Waals surface area contributed by atoms with E-state index in [1.54, 1.807) is 30.3 Å². The van der Waals surface area contributed by atoms with E-state index in [1.165, 1.54) is 0 Å². The molecule has 7 heteroatoms. The molecule has 0 atom stereocenters. The zero-order valence-electron chi connectivity index (χ0n) is 13.3. The molecular formula is C18H14Cl2N2O2S. The quantitative estimate of drug-likeness (QED) is 0.706. The van der Waals surface area contributed by atoms with Gasteiger partial charge in [0.05, 0.1) is 11.6 Å². The molecule has 128 valence electrons. The monoisotopic (exact) mass is 392 g/mol. The number of nitrogens with zero attached hydrogens (tertiary/aromatic N) is 1. The second kappa shape index (κ2) is 7.52. The Morgan fingerprint density at radius 3 is 2.68 bits per heavy atom. The summed E-state index contributed by atoms with van der Waals surface area (Å²) in [6.07, 6.45) is 1.67. The summed E-state index contributed by atoms with van der Waals surface area (Å²) in [5, 5.41) is 3.93. The molecule has 25 heavy (non-hydrogen) atoms. The lowest BCUT2D eigenvalue weighted by Gasteiger charge is -2.15. The van der Waals surface area contributed by atoms with Gasteiger partial charge < -0.3 is 5.32 Å². The van der Waals surface area contributed by atoms with E-state index < -0.39 is 0 Å². The van der Waals surface area contributed by atoms with Crippen molar-refractivity contribution in [3.05, 3.63) is 68.5 Å². The number of anilines is 1. The molecule has 2 amide bonds. The second-order valence-corrected chi connectivity index (χ2v) is 7.30. The maximum atomic E-state index is 12.5. The molecule has 0 bridgehead atoms. The van der Waals surface area contributed by atoms with E-state index in [0.29, 0.717) is 15.0 Å². The Morgan fingerprint density at radius 1 is 1.16 bits per heavy atom. The number of aryl methyl sites for hydroxylation is 1. The summed E-state index contributed by atoms with van der Waals surface area (Å²) in [6.45, 7) is 1.99. The SMILES string of the molecule is Cc1ccc(NCN2C(=O)SC(=Cc3cccc(Cl)c3)C2=O)cc1Cl. The lowest BCUT2D eigenvalue weighted by atomic mass is 10.2. The number of carbonyl (C=O) groups excluding carboxylic acids is 2. The summed E-state index contributed by atoms with van der Waals surface area (Å²) in [4.78, 5) is 26.1.